The van der Waals surface area contributed by atoms with Crippen LogP contribution in [0.1, 0.15) is 63.3 Å². The lowest BCUT2D eigenvalue weighted by atomic mass is 10.1. The predicted octanol–water partition coefficient (Wildman–Crippen LogP) is 4.67. The molecule has 3 aromatic heterocycles. The van der Waals surface area contributed by atoms with Crippen LogP contribution in [0, 0.1) is 0 Å². The number of likely N-dealkylation sites (N-methyl/N-ethyl adjacent to an activating group) is 1. The van der Waals surface area contributed by atoms with Gasteiger partial charge in [0, 0.05) is 36.7 Å². The van der Waals surface area contributed by atoms with Gasteiger partial charge in [0.05, 0.1) is 55.2 Å². The summed E-state index contributed by atoms with van der Waals surface area (Å²) in [6, 6.07) is 12.5. The molecule has 17 nitrogen and oxygen atoms in total. The molecule has 7 rings (SSSR count). The van der Waals surface area contributed by atoms with Crippen LogP contribution in [-0.2, 0) is 14.3 Å². The predicted molar refractivity (Wildman–Crippen MR) is 206 cm³/mol. The van der Waals surface area contributed by atoms with Crippen LogP contribution in [0.25, 0.3) is 44.8 Å². The number of likely N-dealkylation sites (tertiary alicyclic amines) is 2. The molecule has 5 heterocycles. The number of aliphatic hydroxyl groups excluding tert-OH is 2. The normalized spacial score (nSPS) is 19.0. The van der Waals surface area contributed by atoms with E-state index >= 15 is 0 Å². The van der Waals surface area contributed by atoms with Crippen LogP contribution >= 0.6 is 0 Å². The number of nitrogens with one attached hydrogen (secondary N) is 3. The zero-order valence-electron chi connectivity index (χ0n) is 32.0. The fourth-order valence-electron chi connectivity index (χ4n) is 7.84. The van der Waals surface area contributed by atoms with E-state index in [4.69, 9.17) is 4.42 Å². The van der Waals surface area contributed by atoms with Crippen molar-refractivity contribution in [1.82, 2.24) is 40.0 Å². The lowest BCUT2D eigenvalue weighted by Crippen LogP contribution is -2.53. The third-order valence-corrected chi connectivity index (χ3v) is 10.8. The third-order valence-electron chi connectivity index (χ3n) is 10.8. The van der Waals surface area contributed by atoms with E-state index in [1.807, 2.05) is 48.5 Å². The van der Waals surface area contributed by atoms with Crippen molar-refractivity contribution in [2.24, 2.45) is 0 Å². The van der Waals surface area contributed by atoms with E-state index in [1.54, 1.807) is 22.2 Å². The fraction of sp³-hybridized carbons (Fsp3) is 0.400. The van der Waals surface area contributed by atoms with E-state index in [2.05, 4.69) is 30.0 Å². The van der Waals surface area contributed by atoms with Crippen molar-refractivity contribution in [3.63, 3.8) is 0 Å². The highest BCUT2D eigenvalue weighted by Gasteiger charge is 2.41. The molecular weight excluding hydrogens is 736 g/mol. The average molecular weight is 783 g/mol. The lowest BCUT2D eigenvalue weighted by Gasteiger charge is -2.33. The summed E-state index contributed by atoms with van der Waals surface area (Å²) >= 11 is 0. The van der Waals surface area contributed by atoms with Crippen LogP contribution in [0.3, 0.4) is 0 Å². The molecule has 0 spiro atoms. The number of amides is 4. The van der Waals surface area contributed by atoms with Crippen molar-refractivity contribution in [2.75, 3.05) is 27.2 Å². The van der Waals surface area contributed by atoms with Gasteiger partial charge in [0.15, 0.2) is 0 Å². The Morgan fingerprint density at radius 1 is 0.842 bits per heavy atom. The van der Waals surface area contributed by atoms with E-state index in [9.17, 15) is 34.5 Å². The van der Waals surface area contributed by atoms with Gasteiger partial charge in [-0.3, -0.25) is 14.5 Å². The van der Waals surface area contributed by atoms with Crippen LogP contribution in [-0.4, -0.2) is 125 Å². The van der Waals surface area contributed by atoms with E-state index in [1.165, 1.54) is 28.0 Å². The molecule has 2 saturated heterocycles. The van der Waals surface area contributed by atoms with Crippen LogP contribution in [0.15, 0.2) is 65.3 Å². The molecule has 300 valence electrons. The van der Waals surface area contributed by atoms with Gasteiger partial charge in [-0.05, 0) is 69.4 Å². The molecule has 6 N–H and O–H groups in total. The second-order valence-electron chi connectivity index (χ2n) is 14.6. The number of hydrogen-bond donors (Lipinski definition) is 6. The molecule has 17 heteroatoms. The molecule has 2 aromatic carbocycles. The van der Waals surface area contributed by atoms with E-state index in [-0.39, 0.29) is 12.1 Å². The first-order valence-corrected chi connectivity index (χ1v) is 18.9. The van der Waals surface area contributed by atoms with Gasteiger partial charge in [-0.25, -0.2) is 19.6 Å². The highest BCUT2D eigenvalue weighted by Crippen LogP contribution is 2.36. The van der Waals surface area contributed by atoms with Gasteiger partial charge < -0.3 is 49.6 Å². The fourth-order valence-corrected chi connectivity index (χ4v) is 7.84. The Morgan fingerprint density at radius 3 is 1.96 bits per heavy atom. The number of ether oxygens (including phenoxy) is 1. The number of carboxylic acid groups (broad SMARTS) is 1. The minimum absolute atomic E-state index is 0.351. The average Bonchev–Trinajstić information content (AvgIpc) is 4.05. The van der Waals surface area contributed by atoms with Crippen molar-refractivity contribution in [2.45, 2.75) is 75.9 Å². The number of nitrogens with zero attached hydrogens (tertiary/aromatic N) is 5. The van der Waals surface area contributed by atoms with Gasteiger partial charge in [-0.2, -0.15) is 0 Å². The van der Waals surface area contributed by atoms with Gasteiger partial charge >= 0.3 is 12.2 Å². The topological polar surface area (TPSA) is 230 Å². The van der Waals surface area contributed by atoms with Crippen molar-refractivity contribution >= 4 is 35.0 Å². The van der Waals surface area contributed by atoms with Gasteiger partial charge in [-0.15, -0.1) is 0 Å². The number of furan rings is 1. The maximum absolute atomic E-state index is 13.4. The first-order valence-electron chi connectivity index (χ1n) is 18.9. The number of benzene rings is 2. The monoisotopic (exact) mass is 782 g/mol. The van der Waals surface area contributed by atoms with Crippen LogP contribution in [0.2, 0.25) is 0 Å². The first kappa shape index (κ1) is 39.1. The van der Waals surface area contributed by atoms with Crippen molar-refractivity contribution in [3.05, 3.63) is 72.6 Å². The van der Waals surface area contributed by atoms with Gasteiger partial charge in [-0.1, -0.05) is 24.3 Å². The maximum atomic E-state index is 13.4. The molecular formula is C40H46N8O9. The molecule has 5 aromatic rings. The number of aromatic amines is 2. The minimum Gasteiger partial charge on any atom is -0.465 e. The Morgan fingerprint density at radius 2 is 1.40 bits per heavy atom. The van der Waals surface area contributed by atoms with Crippen LogP contribution < -0.4 is 5.32 Å². The third kappa shape index (κ3) is 7.80. The highest BCUT2D eigenvalue weighted by molar-refractivity contribution is 5.88. The summed E-state index contributed by atoms with van der Waals surface area (Å²) in [6.07, 6.45) is 1.82. The zero-order valence-corrected chi connectivity index (χ0v) is 32.0. The summed E-state index contributed by atoms with van der Waals surface area (Å²) in [5.74, 6) is 1.00. The number of methoxy groups -OCH3 is 1. The van der Waals surface area contributed by atoms with Crippen molar-refractivity contribution < 1.29 is 43.7 Å². The van der Waals surface area contributed by atoms with Crippen LogP contribution in [0.5, 0.6) is 0 Å². The molecule has 0 saturated carbocycles. The maximum Gasteiger partial charge on any atom is 0.407 e. The second-order valence-corrected chi connectivity index (χ2v) is 14.6. The number of fused-ring (bicyclic) bond motifs is 1. The summed E-state index contributed by atoms with van der Waals surface area (Å²) in [4.78, 5) is 70.3. The number of imidazole rings is 2. The molecule has 0 radical (unpaired) electrons. The number of carbonyl (C=O) groups excluding carboxylic acids is 3. The molecule has 6 atom stereocenters. The summed E-state index contributed by atoms with van der Waals surface area (Å²) in [7, 11) is 2.48. The summed E-state index contributed by atoms with van der Waals surface area (Å²) in [5.41, 5.74) is 4.83. The van der Waals surface area contributed by atoms with Crippen molar-refractivity contribution in [1.29, 1.82) is 0 Å². The number of alkyl carbamates (subject to hydrolysis) is 1. The molecule has 2 aliphatic rings. The molecule has 0 aliphatic carbocycles. The van der Waals surface area contributed by atoms with Crippen LogP contribution in [0.4, 0.5) is 9.59 Å². The first-order chi connectivity index (χ1) is 27.3. The molecule has 2 aliphatic heterocycles. The molecule has 4 amide bonds. The van der Waals surface area contributed by atoms with E-state index in [0.717, 1.165) is 51.2 Å². The minimum atomic E-state index is -1.30. The molecule has 57 heavy (non-hydrogen) atoms. The summed E-state index contributed by atoms with van der Waals surface area (Å²) < 4.78 is 10.9. The summed E-state index contributed by atoms with van der Waals surface area (Å²) in [6.45, 7) is 3.74. The number of carbonyl (C=O) groups is 4. The van der Waals surface area contributed by atoms with E-state index in [0.29, 0.717) is 48.9 Å². The lowest BCUT2D eigenvalue weighted by molar-refractivity contribution is -0.140. The largest absolute Gasteiger partial charge is 0.465 e. The Kier molecular flexibility index (Phi) is 11.0. The Hall–Kier alpha value is -6.20. The molecule has 2 fully saturated rings. The number of aromatic nitrogens is 4. The van der Waals surface area contributed by atoms with E-state index < -0.39 is 48.3 Å². The number of H-pyrrole nitrogens is 2. The molecule has 0 bridgehead atoms. The van der Waals surface area contributed by atoms with Gasteiger partial charge in [0.1, 0.15) is 35.1 Å². The summed E-state index contributed by atoms with van der Waals surface area (Å²) in [5, 5.41) is 33.3. The quantitative estimate of drug-likeness (QED) is 0.108. The molecule has 0 unspecified atom stereocenters. The Bertz CT molecular complexity index is 2260. The number of aliphatic hydroxyl groups is 2. The Balaban J connectivity index is 1.04. The van der Waals surface area contributed by atoms with Gasteiger partial charge in [0.2, 0.25) is 11.8 Å². The second kappa shape index (κ2) is 16.1. The van der Waals surface area contributed by atoms with Crippen molar-refractivity contribution in [3.8, 4) is 33.8 Å². The SMILES string of the molecule is COC(=O)N[C@H](C(=O)N1CCC[C@H]1c1ncc(-c2ccc3oc(-c4ccc(-c5cnc([C@@H]6CCCN6C(=O)[C@H]([C@@H](C)O)N(C)C(=O)O)[nH]5)cc4)cc3c2)[nH]1)[C@@H](C)O. The number of rotatable bonds is 11. The number of hydrogen-bond acceptors (Lipinski definition) is 10. The smallest absolute Gasteiger partial charge is 0.407 e. The van der Waals surface area contributed by atoms with Gasteiger partial charge in [0.25, 0.3) is 0 Å². The Labute approximate surface area is 327 Å². The highest BCUT2D eigenvalue weighted by atomic mass is 16.5. The standard InChI is InChI=1S/C40H46N8O9/c1-21(49)33(45-39(53)56-4)37(51)47-15-5-7-29(47)35-42-20-28(44-35)25-13-14-31-26(17-25)18-32(57-31)24-11-9-23(10-12-24)27-19-41-36(43-27)30-8-6-16-48(30)38(52)34(22(2)50)46(3)40(54)55/h9-14,17-22,29-30,33-34,49-50H,5-8,15-16H2,1-4H3,(H,41,43)(H,42,44)(H,45,53)(H,54,55)/t21-,22-,29+,30+,33+,34+/m1/s1. The zero-order chi connectivity index (χ0) is 40.5.